The topological polar surface area (TPSA) is 84.9 Å². The van der Waals surface area contributed by atoms with E-state index in [1.54, 1.807) is 0 Å². The largest absolute Gasteiger partial charge is 0.494 e. The Morgan fingerprint density at radius 3 is 2.00 bits per heavy atom. The fourth-order valence-corrected chi connectivity index (χ4v) is 3.26. The molecule has 1 heterocycles. The highest BCUT2D eigenvalue weighted by atomic mass is 19.1. The molecule has 0 unspecified atom stereocenters. The number of nitrogens with one attached hydrogen (secondary N) is 1. The average molecular weight is 427 g/mol. The highest BCUT2D eigenvalue weighted by Gasteiger charge is 2.51. The monoisotopic (exact) mass is 427 g/mol. The van der Waals surface area contributed by atoms with Crippen LogP contribution in [0.3, 0.4) is 0 Å². The van der Waals surface area contributed by atoms with Crippen LogP contribution in [-0.2, 0) is 31.7 Å². The zero-order valence-electron chi connectivity index (χ0n) is 18.1. The summed E-state index contributed by atoms with van der Waals surface area (Å²) in [6.45, 7) is 7.92. The lowest BCUT2D eigenvalue weighted by atomic mass is 9.78. The number of hydrogen-bond donors (Lipinski definition) is 2. The van der Waals surface area contributed by atoms with E-state index in [1.165, 1.54) is 24.3 Å². The predicted octanol–water partition coefficient (Wildman–Crippen LogP) is 2.48. The van der Waals surface area contributed by atoms with Gasteiger partial charge in [-0.25, -0.2) is 9.18 Å². The van der Waals surface area contributed by atoms with E-state index in [1.807, 2.05) is 52.0 Å². The molecule has 3 rings (SSSR count). The van der Waals surface area contributed by atoms with Gasteiger partial charge < -0.3 is 19.7 Å². The Morgan fingerprint density at radius 2 is 1.48 bits per heavy atom. The normalized spacial score (nSPS) is 17.9. The summed E-state index contributed by atoms with van der Waals surface area (Å²) in [4.78, 5) is 23.9. The molecule has 1 saturated heterocycles. The van der Waals surface area contributed by atoms with E-state index in [2.05, 4.69) is 5.32 Å². The van der Waals surface area contributed by atoms with Crippen molar-refractivity contribution in [2.24, 2.45) is 0 Å². The zero-order chi connectivity index (χ0) is 22.8. The van der Waals surface area contributed by atoms with Gasteiger partial charge in [0.15, 0.2) is 0 Å². The first-order valence-electron chi connectivity index (χ1n) is 10.2. The van der Waals surface area contributed by atoms with Gasteiger partial charge in [0.2, 0.25) is 5.91 Å². The maximum atomic E-state index is 13.0. The first-order valence-corrected chi connectivity index (χ1v) is 10.2. The van der Waals surface area contributed by atoms with E-state index in [-0.39, 0.29) is 12.8 Å². The minimum atomic E-state index is -1.12. The lowest BCUT2D eigenvalue weighted by Crippen LogP contribution is -2.43. The summed E-state index contributed by atoms with van der Waals surface area (Å²) in [7, 11) is -0.496. The van der Waals surface area contributed by atoms with Gasteiger partial charge in [-0.2, -0.15) is 0 Å². The molecule has 2 aromatic rings. The molecule has 6 nitrogen and oxygen atoms in total. The number of carbonyl (C=O) groups excluding carboxylic acids is 1. The van der Waals surface area contributed by atoms with Crippen molar-refractivity contribution in [2.45, 2.75) is 57.8 Å². The summed E-state index contributed by atoms with van der Waals surface area (Å²) >= 11 is 0. The highest BCUT2D eigenvalue weighted by Crippen LogP contribution is 2.36. The summed E-state index contributed by atoms with van der Waals surface area (Å²) in [5, 5.41) is 12.1. The van der Waals surface area contributed by atoms with Crippen LogP contribution in [0.25, 0.3) is 0 Å². The molecule has 2 aromatic carbocycles. The lowest BCUT2D eigenvalue weighted by Gasteiger charge is -2.32. The Morgan fingerprint density at radius 1 is 0.968 bits per heavy atom. The number of amides is 1. The Balaban J connectivity index is 1.62. The molecule has 0 spiro atoms. The van der Waals surface area contributed by atoms with E-state index in [0.29, 0.717) is 5.56 Å². The number of hydrogen-bond acceptors (Lipinski definition) is 4. The first kappa shape index (κ1) is 23.0. The van der Waals surface area contributed by atoms with Crippen molar-refractivity contribution < 1.29 is 28.4 Å². The van der Waals surface area contributed by atoms with Gasteiger partial charge >= 0.3 is 13.1 Å². The van der Waals surface area contributed by atoms with Crippen molar-refractivity contribution in [3.63, 3.8) is 0 Å². The average Bonchev–Trinajstić information content (AvgIpc) is 2.91. The van der Waals surface area contributed by atoms with Gasteiger partial charge in [0.05, 0.1) is 17.6 Å². The van der Waals surface area contributed by atoms with Crippen LogP contribution in [0.4, 0.5) is 4.39 Å². The molecule has 31 heavy (non-hydrogen) atoms. The van der Waals surface area contributed by atoms with Crippen molar-refractivity contribution in [1.29, 1.82) is 0 Å². The Hall–Kier alpha value is -2.71. The Bertz CT molecular complexity index is 927. The van der Waals surface area contributed by atoms with Gasteiger partial charge in [-0.1, -0.05) is 36.4 Å². The minimum absolute atomic E-state index is 0.0229. The van der Waals surface area contributed by atoms with Crippen LogP contribution in [0.15, 0.2) is 48.5 Å². The predicted molar refractivity (Wildman–Crippen MR) is 116 cm³/mol. The number of carboxylic acids is 1. The molecule has 2 N–H and O–H groups in total. The van der Waals surface area contributed by atoms with Crippen molar-refractivity contribution in [1.82, 2.24) is 5.32 Å². The van der Waals surface area contributed by atoms with Crippen molar-refractivity contribution in [3.05, 3.63) is 65.5 Å². The zero-order valence-corrected chi connectivity index (χ0v) is 18.1. The minimum Gasteiger partial charge on any atom is -0.480 e. The smallest absolute Gasteiger partial charge is 0.480 e. The Kier molecular flexibility index (Phi) is 6.52. The van der Waals surface area contributed by atoms with Crippen molar-refractivity contribution in [3.8, 4) is 0 Å². The summed E-state index contributed by atoms with van der Waals surface area (Å²) in [5.41, 5.74) is 1.32. The van der Waals surface area contributed by atoms with Crippen molar-refractivity contribution in [2.75, 3.05) is 0 Å². The second kappa shape index (κ2) is 8.81. The number of rotatable bonds is 7. The molecule has 1 amide bonds. The second-order valence-electron chi connectivity index (χ2n) is 8.80. The fourth-order valence-electron chi connectivity index (χ4n) is 3.26. The number of carbonyl (C=O) groups is 2. The quantitative estimate of drug-likeness (QED) is 0.664. The van der Waals surface area contributed by atoms with Crippen LogP contribution in [0.1, 0.15) is 38.8 Å². The third-order valence-corrected chi connectivity index (χ3v) is 5.86. The molecule has 0 bridgehead atoms. The van der Waals surface area contributed by atoms with Crippen LogP contribution in [0.5, 0.6) is 0 Å². The third kappa shape index (κ3) is 5.51. The number of halogens is 1. The summed E-state index contributed by atoms with van der Waals surface area (Å²) in [6.07, 6.45) is 0.110. The Labute approximate surface area is 181 Å². The van der Waals surface area contributed by atoms with Crippen LogP contribution < -0.4 is 10.8 Å². The molecule has 1 aliphatic heterocycles. The molecular weight excluding hydrogens is 400 g/mol. The standard InChI is InChI=1S/C23H27BFNO5/c1-22(2)23(3,4)31-24(30-22)17-9-5-15(6-10-17)13-19(21(28)29)26-20(27)14-16-7-11-18(25)12-8-16/h5-12,19H,13-14H2,1-4H3,(H,26,27)(H,28,29)/t19-/m0/s1. The molecular formula is C23H27BFNO5. The third-order valence-electron chi connectivity index (χ3n) is 5.86. The van der Waals surface area contributed by atoms with Crippen molar-refractivity contribution >= 4 is 24.5 Å². The molecule has 0 aliphatic carbocycles. The van der Waals surface area contributed by atoms with E-state index >= 15 is 0 Å². The number of benzene rings is 2. The van der Waals surface area contributed by atoms with Crippen LogP contribution in [0.2, 0.25) is 0 Å². The van der Waals surface area contributed by atoms with Gasteiger partial charge in [0.25, 0.3) is 0 Å². The molecule has 0 radical (unpaired) electrons. The lowest BCUT2D eigenvalue weighted by molar-refractivity contribution is -0.141. The summed E-state index contributed by atoms with van der Waals surface area (Å²) < 4.78 is 25.0. The van der Waals surface area contributed by atoms with E-state index in [0.717, 1.165) is 11.0 Å². The molecule has 8 heteroatoms. The SMILES string of the molecule is CC1(C)OB(c2ccc(C[C@H](NC(=O)Cc3ccc(F)cc3)C(=O)O)cc2)OC1(C)C. The van der Waals surface area contributed by atoms with Gasteiger partial charge in [0.1, 0.15) is 11.9 Å². The highest BCUT2D eigenvalue weighted by molar-refractivity contribution is 6.62. The summed E-state index contributed by atoms with van der Waals surface area (Å²) in [6, 6.07) is 11.8. The maximum absolute atomic E-state index is 13.0. The van der Waals surface area contributed by atoms with Gasteiger partial charge in [-0.15, -0.1) is 0 Å². The van der Waals surface area contributed by atoms with Gasteiger partial charge in [0, 0.05) is 6.42 Å². The van der Waals surface area contributed by atoms with Gasteiger partial charge in [-0.3, -0.25) is 4.79 Å². The van der Waals surface area contributed by atoms with E-state index < -0.39 is 42.1 Å². The van der Waals surface area contributed by atoms with E-state index in [9.17, 15) is 19.1 Å². The number of carboxylic acid groups (broad SMARTS) is 1. The maximum Gasteiger partial charge on any atom is 0.494 e. The molecule has 1 aliphatic rings. The molecule has 1 fully saturated rings. The molecule has 164 valence electrons. The second-order valence-corrected chi connectivity index (χ2v) is 8.80. The fraction of sp³-hybridized carbons (Fsp3) is 0.391. The first-order chi connectivity index (χ1) is 14.5. The van der Waals surface area contributed by atoms with Gasteiger partial charge in [-0.05, 0) is 56.4 Å². The van der Waals surface area contributed by atoms with Crippen LogP contribution in [0, 0.1) is 5.82 Å². The van der Waals surface area contributed by atoms with Crippen LogP contribution >= 0.6 is 0 Å². The molecule has 0 aromatic heterocycles. The molecule has 0 saturated carbocycles. The summed E-state index contributed by atoms with van der Waals surface area (Å²) in [5.74, 6) is -1.95. The van der Waals surface area contributed by atoms with Crippen LogP contribution in [-0.4, -0.2) is 41.3 Å². The van der Waals surface area contributed by atoms with E-state index in [4.69, 9.17) is 9.31 Å². The number of aliphatic carboxylic acids is 1. The molecule has 1 atom stereocenters.